The van der Waals surface area contributed by atoms with Crippen molar-refractivity contribution in [3.8, 4) is 5.75 Å². The van der Waals surface area contributed by atoms with Gasteiger partial charge in [0.1, 0.15) is 11.9 Å². The average Bonchev–Trinajstić information content (AvgIpc) is 2.82. The number of nitrogens with zero attached hydrogens (tertiary/aromatic N) is 1. The maximum Gasteiger partial charge on any atom is 0.123 e. The molecule has 0 aliphatic carbocycles. The van der Waals surface area contributed by atoms with Gasteiger partial charge in [-0.15, -0.1) is 0 Å². The third kappa shape index (κ3) is 1.80. The van der Waals surface area contributed by atoms with Gasteiger partial charge in [0.15, 0.2) is 0 Å². The topological polar surface area (TPSA) is 74.2 Å². The Kier molecular flexibility index (Phi) is 2.64. The van der Waals surface area contributed by atoms with Crippen LogP contribution in [0.1, 0.15) is 17.2 Å². The van der Waals surface area contributed by atoms with Gasteiger partial charge in [-0.05, 0) is 17.7 Å². The van der Waals surface area contributed by atoms with Gasteiger partial charge in [-0.3, -0.25) is 4.98 Å². The zero-order valence-corrected chi connectivity index (χ0v) is 9.91. The minimum atomic E-state index is -0.258. The molecular formula is C14H15N3O. The molecule has 0 spiro atoms. The van der Waals surface area contributed by atoms with Crippen molar-refractivity contribution in [1.82, 2.24) is 4.98 Å². The second-order valence-corrected chi connectivity index (χ2v) is 4.50. The summed E-state index contributed by atoms with van der Waals surface area (Å²) in [5, 5.41) is 0. The number of rotatable bonds is 2. The lowest BCUT2D eigenvalue weighted by molar-refractivity contribution is 0.200. The SMILES string of the molecule is Nc1ccncc1C(N)C1Cc2ccccc2O1. The van der Waals surface area contributed by atoms with Crippen molar-refractivity contribution in [3.05, 3.63) is 53.9 Å². The second kappa shape index (κ2) is 4.31. The Hall–Kier alpha value is -2.07. The summed E-state index contributed by atoms with van der Waals surface area (Å²) in [5.41, 5.74) is 14.9. The van der Waals surface area contributed by atoms with E-state index in [1.807, 2.05) is 18.2 Å². The van der Waals surface area contributed by atoms with Crippen LogP contribution in [0.2, 0.25) is 0 Å². The van der Waals surface area contributed by atoms with Gasteiger partial charge in [0, 0.05) is 30.1 Å². The highest BCUT2D eigenvalue weighted by Gasteiger charge is 2.29. The fourth-order valence-electron chi connectivity index (χ4n) is 2.31. The molecular weight excluding hydrogens is 226 g/mol. The Morgan fingerprint density at radius 3 is 2.89 bits per heavy atom. The van der Waals surface area contributed by atoms with Crippen LogP contribution in [0.25, 0.3) is 0 Å². The van der Waals surface area contributed by atoms with E-state index in [1.54, 1.807) is 18.5 Å². The zero-order chi connectivity index (χ0) is 12.5. The van der Waals surface area contributed by atoms with Crippen LogP contribution in [0.5, 0.6) is 5.75 Å². The first-order valence-electron chi connectivity index (χ1n) is 5.95. The zero-order valence-electron chi connectivity index (χ0n) is 9.91. The standard InChI is InChI=1S/C14H15N3O/c15-11-5-6-17-8-10(11)14(16)13-7-9-3-1-2-4-12(9)18-13/h1-6,8,13-14H,7,16H2,(H2,15,17). The minimum absolute atomic E-state index is 0.0751. The van der Waals surface area contributed by atoms with Crippen molar-refractivity contribution in [3.63, 3.8) is 0 Å². The van der Waals surface area contributed by atoms with E-state index in [9.17, 15) is 0 Å². The number of aromatic nitrogens is 1. The van der Waals surface area contributed by atoms with Crippen LogP contribution >= 0.6 is 0 Å². The van der Waals surface area contributed by atoms with Gasteiger partial charge < -0.3 is 16.2 Å². The summed E-state index contributed by atoms with van der Waals surface area (Å²) < 4.78 is 5.87. The van der Waals surface area contributed by atoms with Crippen molar-refractivity contribution in [2.45, 2.75) is 18.6 Å². The number of fused-ring (bicyclic) bond motifs is 1. The smallest absolute Gasteiger partial charge is 0.123 e. The molecule has 0 bridgehead atoms. The molecule has 3 rings (SSSR count). The van der Waals surface area contributed by atoms with E-state index in [-0.39, 0.29) is 12.1 Å². The number of nitrogens with two attached hydrogens (primary N) is 2. The van der Waals surface area contributed by atoms with Crippen molar-refractivity contribution in [2.24, 2.45) is 5.73 Å². The number of para-hydroxylation sites is 1. The molecule has 4 heteroatoms. The summed E-state index contributed by atoms with van der Waals surface area (Å²) in [6.45, 7) is 0. The van der Waals surface area contributed by atoms with E-state index in [0.29, 0.717) is 5.69 Å². The lowest BCUT2D eigenvalue weighted by atomic mass is 9.99. The average molecular weight is 241 g/mol. The predicted octanol–water partition coefficient (Wildman–Crippen LogP) is 1.67. The van der Waals surface area contributed by atoms with E-state index in [2.05, 4.69) is 11.1 Å². The largest absolute Gasteiger partial charge is 0.488 e. The number of anilines is 1. The molecule has 4 N–H and O–H groups in total. The van der Waals surface area contributed by atoms with Crippen molar-refractivity contribution in [2.75, 3.05) is 5.73 Å². The van der Waals surface area contributed by atoms with E-state index >= 15 is 0 Å². The number of pyridine rings is 1. The lowest BCUT2D eigenvalue weighted by Crippen LogP contribution is -2.30. The fraction of sp³-hybridized carbons (Fsp3) is 0.214. The Bertz CT molecular complexity index is 545. The highest BCUT2D eigenvalue weighted by Crippen LogP contribution is 2.34. The molecule has 0 saturated heterocycles. The lowest BCUT2D eigenvalue weighted by Gasteiger charge is -2.20. The number of nitrogen functional groups attached to an aromatic ring is 1. The van der Waals surface area contributed by atoms with Crippen molar-refractivity contribution in [1.29, 1.82) is 0 Å². The van der Waals surface area contributed by atoms with Gasteiger partial charge in [-0.25, -0.2) is 0 Å². The molecule has 0 radical (unpaired) electrons. The Morgan fingerprint density at radius 1 is 1.28 bits per heavy atom. The number of benzene rings is 1. The van der Waals surface area contributed by atoms with Crippen molar-refractivity contribution < 1.29 is 4.74 Å². The van der Waals surface area contributed by atoms with Gasteiger partial charge in [-0.2, -0.15) is 0 Å². The van der Waals surface area contributed by atoms with Crippen LogP contribution in [-0.2, 0) is 6.42 Å². The fourth-order valence-corrected chi connectivity index (χ4v) is 2.31. The molecule has 2 aromatic rings. The molecule has 4 nitrogen and oxygen atoms in total. The third-order valence-corrected chi connectivity index (χ3v) is 3.32. The second-order valence-electron chi connectivity index (χ2n) is 4.50. The molecule has 1 aromatic carbocycles. The van der Waals surface area contributed by atoms with Crippen LogP contribution in [0, 0.1) is 0 Å². The third-order valence-electron chi connectivity index (χ3n) is 3.32. The summed E-state index contributed by atoms with van der Waals surface area (Å²) in [4.78, 5) is 4.07. The van der Waals surface area contributed by atoms with Crippen LogP contribution in [0.15, 0.2) is 42.7 Å². The summed E-state index contributed by atoms with van der Waals surface area (Å²) in [5.74, 6) is 0.917. The van der Waals surface area contributed by atoms with E-state index < -0.39 is 0 Å². The first-order chi connectivity index (χ1) is 8.75. The maximum atomic E-state index is 6.24. The molecule has 2 heterocycles. The minimum Gasteiger partial charge on any atom is -0.488 e. The van der Waals surface area contributed by atoms with Gasteiger partial charge in [0.05, 0.1) is 6.04 Å². The van der Waals surface area contributed by atoms with Gasteiger partial charge in [0.25, 0.3) is 0 Å². The quantitative estimate of drug-likeness (QED) is 0.838. The molecule has 92 valence electrons. The van der Waals surface area contributed by atoms with E-state index in [0.717, 1.165) is 17.7 Å². The number of hydrogen-bond acceptors (Lipinski definition) is 4. The molecule has 1 aliphatic rings. The highest BCUT2D eigenvalue weighted by molar-refractivity contribution is 5.47. The molecule has 18 heavy (non-hydrogen) atoms. The normalized spacial score (nSPS) is 19.1. The molecule has 0 saturated carbocycles. The molecule has 1 aliphatic heterocycles. The van der Waals surface area contributed by atoms with Crippen LogP contribution in [0.4, 0.5) is 5.69 Å². The molecule has 2 atom stereocenters. The summed E-state index contributed by atoms with van der Waals surface area (Å²) in [7, 11) is 0. The predicted molar refractivity (Wildman–Crippen MR) is 70.1 cm³/mol. The van der Waals surface area contributed by atoms with Gasteiger partial charge in [0.2, 0.25) is 0 Å². The number of hydrogen-bond donors (Lipinski definition) is 2. The Morgan fingerprint density at radius 2 is 2.11 bits per heavy atom. The molecule has 1 aromatic heterocycles. The van der Waals surface area contributed by atoms with Crippen LogP contribution < -0.4 is 16.2 Å². The molecule has 2 unspecified atom stereocenters. The maximum absolute atomic E-state index is 6.24. The van der Waals surface area contributed by atoms with Gasteiger partial charge >= 0.3 is 0 Å². The Balaban J connectivity index is 1.85. The Labute approximate surface area is 106 Å². The van der Waals surface area contributed by atoms with Crippen LogP contribution in [-0.4, -0.2) is 11.1 Å². The molecule has 0 fully saturated rings. The monoisotopic (exact) mass is 241 g/mol. The molecule has 0 amide bonds. The highest BCUT2D eigenvalue weighted by atomic mass is 16.5. The summed E-state index contributed by atoms with van der Waals surface area (Å²) in [6, 6.07) is 9.51. The van der Waals surface area contributed by atoms with Crippen molar-refractivity contribution >= 4 is 5.69 Å². The summed E-state index contributed by atoms with van der Waals surface area (Å²) >= 11 is 0. The van der Waals surface area contributed by atoms with Crippen LogP contribution in [0.3, 0.4) is 0 Å². The number of ether oxygens (including phenoxy) is 1. The summed E-state index contributed by atoms with van der Waals surface area (Å²) in [6.07, 6.45) is 4.11. The van der Waals surface area contributed by atoms with E-state index in [4.69, 9.17) is 16.2 Å². The van der Waals surface area contributed by atoms with Gasteiger partial charge in [-0.1, -0.05) is 18.2 Å². The first kappa shape index (κ1) is 11.0. The first-order valence-corrected chi connectivity index (χ1v) is 5.95. The van der Waals surface area contributed by atoms with E-state index in [1.165, 1.54) is 5.56 Å².